The molecule has 17 heavy (non-hydrogen) atoms. The summed E-state index contributed by atoms with van der Waals surface area (Å²) in [7, 11) is 0. The van der Waals surface area contributed by atoms with Crippen LogP contribution in [0.1, 0.15) is 0 Å². The van der Waals surface area contributed by atoms with E-state index in [9.17, 15) is 0 Å². The van der Waals surface area contributed by atoms with Crippen molar-refractivity contribution < 1.29 is 0 Å². The van der Waals surface area contributed by atoms with E-state index in [1.165, 1.54) is 0 Å². The molecule has 1 radical (unpaired) electrons. The van der Waals surface area contributed by atoms with Gasteiger partial charge in [-0.3, -0.25) is 4.98 Å². The molecule has 0 amide bonds. The van der Waals surface area contributed by atoms with Crippen LogP contribution in [0.3, 0.4) is 0 Å². The van der Waals surface area contributed by atoms with E-state index in [0.717, 1.165) is 22.6 Å². The van der Waals surface area contributed by atoms with Gasteiger partial charge >= 0.3 is 0 Å². The molecule has 2 heterocycles. The first-order valence-electron chi connectivity index (χ1n) is 5.38. The Balaban J connectivity index is 2.13. The van der Waals surface area contributed by atoms with Crippen molar-refractivity contribution in [1.82, 2.24) is 15.0 Å². The van der Waals surface area contributed by atoms with Crippen molar-refractivity contribution in [1.29, 1.82) is 0 Å². The number of aromatic nitrogens is 3. The molecular weight excluding hydrogens is 210 g/mol. The molecule has 0 bridgehead atoms. The molecule has 0 atom stereocenters. The molecule has 2 aromatic heterocycles. The molecule has 0 fully saturated rings. The van der Waals surface area contributed by atoms with Gasteiger partial charge in [-0.25, -0.2) is 4.98 Å². The highest BCUT2D eigenvalue weighted by molar-refractivity contribution is 5.75. The first-order chi connectivity index (χ1) is 8.45. The predicted molar refractivity (Wildman–Crippen MR) is 66.1 cm³/mol. The summed E-state index contributed by atoms with van der Waals surface area (Å²) >= 11 is 0. The highest BCUT2D eigenvalue weighted by Crippen LogP contribution is 2.26. The SMILES string of the molecule is [c]1nc(-c2ccccn2)c(-c2ccccc2)[nH]1. The van der Waals surface area contributed by atoms with Crippen LogP contribution in [0, 0.1) is 6.33 Å². The molecule has 0 aliphatic carbocycles. The van der Waals surface area contributed by atoms with Crippen molar-refractivity contribution in [3.05, 3.63) is 61.1 Å². The molecule has 0 aliphatic rings. The molecular formula is C14H10N3. The van der Waals surface area contributed by atoms with Crippen LogP contribution in [-0.4, -0.2) is 15.0 Å². The van der Waals surface area contributed by atoms with E-state index in [0.29, 0.717) is 0 Å². The number of pyridine rings is 1. The Labute approximate surface area is 99.2 Å². The van der Waals surface area contributed by atoms with Crippen LogP contribution in [0.25, 0.3) is 22.6 Å². The van der Waals surface area contributed by atoms with E-state index < -0.39 is 0 Å². The summed E-state index contributed by atoms with van der Waals surface area (Å²) in [5.74, 6) is 0. The number of hydrogen-bond acceptors (Lipinski definition) is 2. The smallest absolute Gasteiger partial charge is 0.174 e. The van der Waals surface area contributed by atoms with Crippen molar-refractivity contribution in [3.8, 4) is 22.6 Å². The molecule has 3 aromatic rings. The molecule has 3 nitrogen and oxygen atoms in total. The van der Waals surface area contributed by atoms with Crippen molar-refractivity contribution in [2.75, 3.05) is 0 Å². The minimum absolute atomic E-state index is 0.830. The Morgan fingerprint density at radius 2 is 1.76 bits per heavy atom. The largest absolute Gasteiger partial charge is 0.335 e. The van der Waals surface area contributed by atoms with E-state index in [-0.39, 0.29) is 0 Å². The molecule has 1 N–H and O–H groups in total. The van der Waals surface area contributed by atoms with Gasteiger partial charge in [0, 0.05) is 11.8 Å². The fourth-order valence-corrected chi connectivity index (χ4v) is 1.76. The zero-order valence-corrected chi connectivity index (χ0v) is 9.09. The topological polar surface area (TPSA) is 41.6 Å². The number of nitrogens with zero attached hydrogens (tertiary/aromatic N) is 2. The van der Waals surface area contributed by atoms with Crippen molar-refractivity contribution in [2.24, 2.45) is 0 Å². The highest BCUT2D eigenvalue weighted by Gasteiger charge is 2.10. The van der Waals surface area contributed by atoms with Crippen molar-refractivity contribution >= 4 is 0 Å². The van der Waals surface area contributed by atoms with Crippen LogP contribution in [-0.2, 0) is 0 Å². The summed E-state index contributed by atoms with van der Waals surface area (Å²) in [6, 6.07) is 15.8. The first kappa shape index (κ1) is 9.78. The molecule has 3 rings (SSSR count). The van der Waals surface area contributed by atoms with Gasteiger partial charge in [-0.05, 0) is 12.1 Å². The van der Waals surface area contributed by atoms with Gasteiger partial charge in [0.25, 0.3) is 0 Å². The number of imidazole rings is 1. The fourth-order valence-electron chi connectivity index (χ4n) is 1.76. The van der Waals surface area contributed by atoms with E-state index >= 15 is 0 Å². The standard InChI is InChI=1S/C14H10N3/c1-2-6-11(7-3-1)13-14(17-10-16-13)12-8-4-5-9-15-12/h1-9H,(H,16,17). The maximum atomic E-state index is 4.30. The van der Waals surface area contributed by atoms with Gasteiger partial charge in [0.05, 0.1) is 11.4 Å². The predicted octanol–water partition coefficient (Wildman–Crippen LogP) is 2.94. The quantitative estimate of drug-likeness (QED) is 0.721. The second-order valence-corrected chi connectivity index (χ2v) is 3.65. The first-order valence-corrected chi connectivity index (χ1v) is 5.38. The Bertz CT molecular complexity index is 546. The third-order valence-corrected chi connectivity index (χ3v) is 2.56. The van der Waals surface area contributed by atoms with Gasteiger partial charge in [0.2, 0.25) is 0 Å². The summed E-state index contributed by atoms with van der Waals surface area (Å²) in [6.07, 6.45) is 4.54. The van der Waals surface area contributed by atoms with Gasteiger partial charge in [-0.2, -0.15) is 0 Å². The number of H-pyrrole nitrogens is 1. The summed E-state index contributed by atoms with van der Waals surface area (Å²) in [5.41, 5.74) is 3.71. The number of rotatable bonds is 2. The molecule has 3 heteroatoms. The van der Waals surface area contributed by atoms with Crippen molar-refractivity contribution in [3.63, 3.8) is 0 Å². The lowest BCUT2D eigenvalue weighted by molar-refractivity contribution is 1.26. The highest BCUT2D eigenvalue weighted by atomic mass is 14.9. The minimum atomic E-state index is 0.830. The average molecular weight is 220 g/mol. The van der Waals surface area contributed by atoms with Gasteiger partial charge in [-0.1, -0.05) is 36.4 Å². The Hall–Kier alpha value is -2.42. The van der Waals surface area contributed by atoms with Crippen LogP contribution in [0.2, 0.25) is 0 Å². The Morgan fingerprint density at radius 3 is 2.53 bits per heavy atom. The molecule has 1 aromatic carbocycles. The molecule has 0 aliphatic heterocycles. The van der Waals surface area contributed by atoms with Gasteiger partial charge in [-0.15, -0.1) is 0 Å². The zero-order chi connectivity index (χ0) is 11.5. The van der Waals surface area contributed by atoms with E-state index in [2.05, 4.69) is 21.3 Å². The number of aromatic amines is 1. The second kappa shape index (κ2) is 4.22. The molecule has 0 saturated carbocycles. The van der Waals surface area contributed by atoms with Crippen molar-refractivity contribution in [2.45, 2.75) is 0 Å². The summed E-state index contributed by atoms with van der Waals surface area (Å²) in [4.78, 5) is 11.6. The summed E-state index contributed by atoms with van der Waals surface area (Å²) in [5, 5.41) is 0. The fraction of sp³-hybridized carbons (Fsp3) is 0. The zero-order valence-electron chi connectivity index (χ0n) is 9.09. The van der Waals surface area contributed by atoms with Crippen LogP contribution in [0.15, 0.2) is 54.7 Å². The number of benzene rings is 1. The summed E-state index contributed by atoms with van der Waals surface area (Å²) in [6.45, 7) is 0. The van der Waals surface area contributed by atoms with Crippen LogP contribution < -0.4 is 0 Å². The van der Waals surface area contributed by atoms with Crippen LogP contribution in [0.5, 0.6) is 0 Å². The monoisotopic (exact) mass is 220 g/mol. The molecule has 0 saturated heterocycles. The lowest BCUT2D eigenvalue weighted by atomic mass is 10.1. The molecule has 0 unspecified atom stereocenters. The Morgan fingerprint density at radius 1 is 0.941 bits per heavy atom. The number of hydrogen-bond donors (Lipinski definition) is 1. The maximum Gasteiger partial charge on any atom is 0.174 e. The van der Waals surface area contributed by atoms with Crippen LogP contribution >= 0.6 is 0 Å². The lowest BCUT2D eigenvalue weighted by Crippen LogP contribution is -1.86. The molecule has 0 spiro atoms. The van der Waals surface area contributed by atoms with E-state index in [1.54, 1.807) is 6.20 Å². The van der Waals surface area contributed by atoms with E-state index in [4.69, 9.17) is 0 Å². The van der Waals surface area contributed by atoms with E-state index in [1.807, 2.05) is 48.5 Å². The van der Waals surface area contributed by atoms with Crippen LogP contribution in [0.4, 0.5) is 0 Å². The molecule has 81 valence electrons. The Kier molecular flexibility index (Phi) is 2.43. The minimum Gasteiger partial charge on any atom is -0.335 e. The second-order valence-electron chi connectivity index (χ2n) is 3.65. The number of nitrogens with one attached hydrogen (secondary N) is 1. The van der Waals surface area contributed by atoms with Gasteiger partial charge in [0.1, 0.15) is 5.69 Å². The summed E-state index contributed by atoms with van der Waals surface area (Å²) < 4.78 is 0. The lowest BCUT2D eigenvalue weighted by Gasteiger charge is -2.01. The third kappa shape index (κ3) is 1.83. The third-order valence-electron chi connectivity index (χ3n) is 2.56. The van der Waals surface area contributed by atoms with Gasteiger partial charge in [0.15, 0.2) is 6.33 Å². The van der Waals surface area contributed by atoms with Gasteiger partial charge < -0.3 is 4.98 Å². The normalized spacial score (nSPS) is 10.4. The maximum absolute atomic E-state index is 4.30. The average Bonchev–Trinajstić information content (AvgIpc) is 2.90.